The summed E-state index contributed by atoms with van der Waals surface area (Å²) in [5.74, 6) is 0.0371. The molecule has 2 amide bonds. The van der Waals surface area contributed by atoms with Crippen molar-refractivity contribution in [3.8, 4) is 0 Å². The Morgan fingerprint density at radius 1 is 0.571 bits per heavy atom. The summed E-state index contributed by atoms with van der Waals surface area (Å²) in [4.78, 5) is 31.9. The maximum absolute atomic E-state index is 12.4. The van der Waals surface area contributed by atoms with Crippen LogP contribution in [0.1, 0.15) is 12.8 Å². The molecule has 4 N–H and O–H groups in total. The first-order valence-corrected chi connectivity index (χ1v) is 9.99. The molecule has 0 aromatic heterocycles. The Morgan fingerprint density at radius 3 is 1.11 bits per heavy atom. The minimum Gasteiger partial charge on any atom is -0.395 e. The molecule has 0 unspecified atom stereocenters. The highest BCUT2D eigenvalue weighted by atomic mass is 16.3. The number of rotatable bonds is 14. The zero-order valence-corrected chi connectivity index (χ0v) is 16.7. The molecule has 10 heteroatoms. The third-order valence-electron chi connectivity index (χ3n) is 4.93. The third-order valence-corrected chi connectivity index (χ3v) is 4.93. The summed E-state index contributed by atoms with van der Waals surface area (Å²) in [5, 5.41) is 36.0. The largest absolute Gasteiger partial charge is 0.395 e. The van der Waals surface area contributed by atoms with Crippen LogP contribution in [0.25, 0.3) is 0 Å². The van der Waals surface area contributed by atoms with Crippen molar-refractivity contribution in [2.24, 2.45) is 0 Å². The predicted octanol–water partition coefficient (Wildman–Crippen LogP) is -2.99. The van der Waals surface area contributed by atoms with Crippen LogP contribution in [0.3, 0.4) is 0 Å². The van der Waals surface area contributed by atoms with Gasteiger partial charge in [-0.2, -0.15) is 0 Å². The topological polar surface area (TPSA) is 128 Å². The fourth-order valence-corrected chi connectivity index (χ4v) is 3.27. The average Bonchev–Trinajstić information content (AvgIpc) is 2.70. The van der Waals surface area contributed by atoms with Crippen LogP contribution in [0, 0.1) is 0 Å². The summed E-state index contributed by atoms with van der Waals surface area (Å²) < 4.78 is 0. The van der Waals surface area contributed by atoms with Crippen LogP contribution in [-0.2, 0) is 9.59 Å². The lowest BCUT2D eigenvalue weighted by molar-refractivity contribution is -0.140. The second-order valence-corrected chi connectivity index (χ2v) is 6.84. The van der Waals surface area contributed by atoms with Crippen molar-refractivity contribution in [2.75, 3.05) is 91.9 Å². The van der Waals surface area contributed by atoms with Crippen molar-refractivity contribution >= 4 is 11.8 Å². The van der Waals surface area contributed by atoms with E-state index < -0.39 is 0 Å². The van der Waals surface area contributed by atoms with Gasteiger partial charge in [-0.3, -0.25) is 19.4 Å². The summed E-state index contributed by atoms with van der Waals surface area (Å²) in [6.07, 6.45) is 0.649. The molecule has 0 aliphatic carbocycles. The summed E-state index contributed by atoms with van der Waals surface area (Å²) in [5.41, 5.74) is 0. The lowest BCUT2D eigenvalue weighted by atomic mass is 10.2. The quantitative estimate of drug-likeness (QED) is 0.241. The van der Waals surface area contributed by atoms with Crippen LogP contribution >= 0.6 is 0 Å². The molecule has 0 spiro atoms. The molecule has 1 saturated heterocycles. The van der Waals surface area contributed by atoms with Crippen molar-refractivity contribution < 1.29 is 30.0 Å². The van der Waals surface area contributed by atoms with Crippen molar-refractivity contribution in [3.05, 3.63) is 0 Å². The lowest BCUT2D eigenvalue weighted by Crippen LogP contribution is -2.51. The molecule has 1 heterocycles. The Balaban J connectivity index is 2.32. The molecular weight excluding hydrogens is 368 g/mol. The molecule has 0 saturated carbocycles. The van der Waals surface area contributed by atoms with Gasteiger partial charge in [0.25, 0.3) is 0 Å². The Labute approximate surface area is 166 Å². The van der Waals surface area contributed by atoms with Gasteiger partial charge in [-0.25, -0.2) is 0 Å². The number of amides is 2. The Kier molecular flexibility index (Phi) is 13.0. The number of aliphatic hydroxyl groups excluding tert-OH is 4. The normalized spacial score (nSPS) is 14.9. The van der Waals surface area contributed by atoms with Crippen LogP contribution < -0.4 is 0 Å². The molecule has 0 aromatic carbocycles. The monoisotopic (exact) mass is 404 g/mol. The molecule has 1 aliphatic heterocycles. The molecule has 0 aromatic rings. The standard InChI is InChI=1S/C18H36N4O6/c23-13-9-19(10-14-24)3-1-17(27)21-5-7-22(8-6-21)18(28)2-4-20(11-15-25)12-16-26/h23-26H,1-16H2. The van der Waals surface area contributed by atoms with E-state index >= 15 is 0 Å². The van der Waals surface area contributed by atoms with Crippen molar-refractivity contribution in [3.63, 3.8) is 0 Å². The van der Waals surface area contributed by atoms with E-state index in [4.69, 9.17) is 20.4 Å². The summed E-state index contributed by atoms with van der Waals surface area (Å²) in [6.45, 7) is 4.67. The summed E-state index contributed by atoms with van der Waals surface area (Å²) >= 11 is 0. The van der Waals surface area contributed by atoms with Crippen LogP contribution in [0.5, 0.6) is 0 Å². The van der Waals surface area contributed by atoms with E-state index in [9.17, 15) is 9.59 Å². The van der Waals surface area contributed by atoms with Gasteiger partial charge in [-0.05, 0) is 0 Å². The summed E-state index contributed by atoms with van der Waals surface area (Å²) in [7, 11) is 0. The van der Waals surface area contributed by atoms with Crippen LogP contribution in [0.15, 0.2) is 0 Å². The van der Waals surface area contributed by atoms with Gasteiger partial charge in [0.1, 0.15) is 0 Å². The maximum Gasteiger partial charge on any atom is 0.223 e. The Hall–Kier alpha value is -1.30. The highest BCUT2D eigenvalue weighted by Gasteiger charge is 2.24. The molecule has 164 valence electrons. The first kappa shape index (κ1) is 24.7. The van der Waals surface area contributed by atoms with Gasteiger partial charge in [0.05, 0.1) is 26.4 Å². The molecule has 28 heavy (non-hydrogen) atoms. The third kappa shape index (κ3) is 9.26. The van der Waals surface area contributed by atoms with Crippen LogP contribution in [-0.4, -0.2) is 144 Å². The number of carbonyl (C=O) groups is 2. The molecule has 1 aliphatic rings. The van der Waals surface area contributed by atoms with Gasteiger partial charge < -0.3 is 30.2 Å². The van der Waals surface area contributed by atoms with Crippen molar-refractivity contribution in [1.29, 1.82) is 0 Å². The first-order chi connectivity index (χ1) is 13.5. The molecule has 0 atom stereocenters. The number of aliphatic hydroxyl groups is 4. The molecule has 0 bridgehead atoms. The van der Waals surface area contributed by atoms with E-state index in [1.54, 1.807) is 9.80 Å². The molecular formula is C18H36N4O6. The van der Waals surface area contributed by atoms with E-state index in [1.165, 1.54) is 0 Å². The number of hydrogen-bond acceptors (Lipinski definition) is 8. The Morgan fingerprint density at radius 2 is 0.857 bits per heavy atom. The predicted molar refractivity (Wildman–Crippen MR) is 104 cm³/mol. The second-order valence-electron chi connectivity index (χ2n) is 6.84. The fourth-order valence-electron chi connectivity index (χ4n) is 3.27. The minimum atomic E-state index is -0.0109. The lowest BCUT2D eigenvalue weighted by Gasteiger charge is -2.35. The maximum atomic E-state index is 12.4. The molecule has 1 fully saturated rings. The van der Waals surface area contributed by atoms with E-state index in [2.05, 4.69) is 0 Å². The number of nitrogens with zero attached hydrogens (tertiary/aromatic N) is 4. The average molecular weight is 405 g/mol. The fraction of sp³-hybridized carbons (Fsp3) is 0.889. The van der Waals surface area contributed by atoms with E-state index in [0.29, 0.717) is 78.3 Å². The zero-order chi connectivity index (χ0) is 20.8. The molecule has 10 nitrogen and oxygen atoms in total. The Bertz CT molecular complexity index is 394. The number of hydrogen-bond donors (Lipinski definition) is 4. The highest BCUT2D eigenvalue weighted by molar-refractivity contribution is 5.78. The highest BCUT2D eigenvalue weighted by Crippen LogP contribution is 2.07. The van der Waals surface area contributed by atoms with Crippen LogP contribution in [0.4, 0.5) is 0 Å². The van der Waals surface area contributed by atoms with Gasteiger partial charge in [0.15, 0.2) is 0 Å². The van der Waals surface area contributed by atoms with Crippen LogP contribution in [0.2, 0.25) is 0 Å². The van der Waals surface area contributed by atoms with E-state index in [-0.39, 0.29) is 38.2 Å². The van der Waals surface area contributed by atoms with Gasteiger partial charge in [-0.1, -0.05) is 0 Å². The smallest absolute Gasteiger partial charge is 0.223 e. The number of piperazine rings is 1. The van der Waals surface area contributed by atoms with Gasteiger partial charge in [0, 0.05) is 78.3 Å². The molecule has 0 radical (unpaired) electrons. The van der Waals surface area contributed by atoms with Crippen molar-refractivity contribution in [1.82, 2.24) is 19.6 Å². The van der Waals surface area contributed by atoms with E-state index in [0.717, 1.165) is 0 Å². The van der Waals surface area contributed by atoms with Gasteiger partial charge >= 0.3 is 0 Å². The summed E-state index contributed by atoms with van der Waals surface area (Å²) in [6, 6.07) is 0. The van der Waals surface area contributed by atoms with Gasteiger partial charge in [0.2, 0.25) is 11.8 Å². The first-order valence-electron chi connectivity index (χ1n) is 9.99. The van der Waals surface area contributed by atoms with E-state index in [1.807, 2.05) is 9.80 Å². The zero-order valence-electron chi connectivity index (χ0n) is 16.7. The SMILES string of the molecule is O=C(CCN(CCO)CCO)N1CCN(C(=O)CCN(CCO)CCO)CC1. The minimum absolute atomic E-state index is 0.0109. The second kappa shape index (κ2) is 14.7. The van der Waals surface area contributed by atoms with Gasteiger partial charge in [-0.15, -0.1) is 0 Å². The number of carbonyl (C=O) groups excluding carboxylic acids is 2. The van der Waals surface area contributed by atoms with Crippen molar-refractivity contribution in [2.45, 2.75) is 12.8 Å². The molecule has 1 rings (SSSR count).